The van der Waals surface area contributed by atoms with Crippen molar-refractivity contribution in [3.63, 3.8) is 0 Å². The van der Waals surface area contributed by atoms with Gasteiger partial charge in [-0.05, 0) is 23.6 Å². The number of hydrogen-bond acceptors (Lipinski definition) is 4. The molecule has 0 bridgehead atoms. The second kappa shape index (κ2) is 12.2. The van der Waals surface area contributed by atoms with Crippen molar-refractivity contribution >= 4 is 35.3 Å². The average molecular weight is 495 g/mol. The van der Waals surface area contributed by atoms with E-state index in [1.54, 1.807) is 11.8 Å². The molecule has 0 amide bonds. The maximum atomic E-state index is 13.7. The summed E-state index contributed by atoms with van der Waals surface area (Å²) < 4.78 is 38.1. The Morgan fingerprint density at radius 2 is 1.70 bits per heavy atom. The van der Waals surface area contributed by atoms with E-state index in [9.17, 15) is 23.1 Å². The molecule has 0 radical (unpaired) electrons. The van der Waals surface area contributed by atoms with Crippen molar-refractivity contribution in [3.8, 4) is 0 Å². The Kier molecular flexibility index (Phi) is 12.8. The van der Waals surface area contributed by atoms with Crippen LogP contribution in [-0.4, -0.2) is 5.25 Å². The third-order valence-electron chi connectivity index (χ3n) is 3.60. The van der Waals surface area contributed by atoms with Gasteiger partial charge in [0.15, 0.2) is 0 Å². The van der Waals surface area contributed by atoms with Gasteiger partial charge in [0, 0.05) is 28.6 Å². The summed E-state index contributed by atoms with van der Waals surface area (Å²) in [4.78, 5) is 21.6. The zero-order valence-electron chi connectivity index (χ0n) is 15.3. The van der Waals surface area contributed by atoms with E-state index < -0.39 is 18.8 Å². The monoisotopic (exact) mass is 494 g/mol. The van der Waals surface area contributed by atoms with Crippen molar-refractivity contribution in [1.82, 2.24) is 0 Å². The van der Waals surface area contributed by atoms with Gasteiger partial charge in [0.25, 0.3) is 5.66 Å². The first kappa shape index (κ1) is 28.3. The largest absolute Gasteiger partial charge is 1.00 e. The van der Waals surface area contributed by atoms with Crippen LogP contribution < -0.4 is 68.9 Å². The van der Waals surface area contributed by atoms with Crippen molar-refractivity contribution < 1.29 is 82.2 Å². The first-order chi connectivity index (χ1) is 11.6. The van der Waals surface area contributed by atoms with E-state index in [2.05, 4.69) is 35.0 Å². The van der Waals surface area contributed by atoms with Crippen LogP contribution in [-0.2, 0) is 22.4 Å². The Balaban J connectivity index is 0.00000338. The van der Waals surface area contributed by atoms with Gasteiger partial charge in [0.1, 0.15) is 0 Å². The van der Waals surface area contributed by atoms with Crippen LogP contribution in [0, 0.1) is 0 Å². The number of rotatable bonds is 7. The number of benzene rings is 2. The van der Waals surface area contributed by atoms with Gasteiger partial charge in [-0.3, -0.25) is 0 Å². The van der Waals surface area contributed by atoms with Crippen LogP contribution in [0.25, 0.3) is 0 Å². The fourth-order valence-corrected chi connectivity index (χ4v) is 4.57. The van der Waals surface area contributed by atoms with E-state index in [0.717, 1.165) is 18.1 Å². The maximum absolute atomic E-state index is 13.7. The molecular weight excluding hydrogens is 479 g/mol. The molecule has 136 valence electrons. The zero-order valence-corrected chi connectivity index (χ0v) is 22.6. The summed E-state index contributed by atoms with van der Waals surface area (Å²) in [7, 11) is -6.07. The molecule has 2 aromatic rings. The third kappa shape index (κ3) is 8.14. The van der Waals surface area contributed by atoms with E-state index in [-0.39, 0.29) is 63.6 Å². The summed E-state index contributed by atoms with van der Waals surface area (Å²) in [5.41, 5.74) is -3.27. The molecule has 0 aliphatic rings. The Morgan fingerprint density at radius 1 is 1.11 bits per heavy atom. The first-order valence-corrected chi connectivity index (χ1v) is 10.8. The minimum atomic E-state index is -6.07. The summed E-state index contributed by atoms with van der Waals surface area (Å²) >= 11 is 4.61. The Labute approximate surface area is 215 Å². The van der Waals surface area contributed by atoms with Gasteiger partial charge in [0.2, 0.25) is 0 Å². The molecule has 0 aliphatic carbocycles. The van der Waals surface area contributed by atoms with Crippen molar-refractivity contribution in [3.05, 3.63) is 69.7 Å². The van der Waals surface area contributed by atoms with Crippen molar-refractivity contribution in [2.45, 2.75) is 30.0 Å². The second-order valence-corrected chi connectivity index (χ2v) is 9.50. The molecule has 1 unspecified atom stereocenters. The van der Waals surface area contributed by atoms with Crippen LogP contribution in [0.2, 0.25) is 0 Å². The van der Waals surface area contributed by atoms with Gasteiger partial charge in [-0.15, -0.1) is 0 Å². The smallest absolute Gasteiger partial charge is 0.806 e. The van der Waals surface area contributed by atoms with E-state index >= 15 is 0 Å². The zero-order chi connectivity index (χ0) is 18.7. The summed E-state index contributed by atoms with van der Waals surface area (Å²) in [6, 6.07) is 13.9. The number of thioether (sulfide) groups is 1. The predicted molar refractivity (Wildman–Crippen MR) is 96.5 cm³/mol. The van der Waals surface area contributed by atoms with Crippen LogP contribution in [0.3, 0.4) is 0 Å². The molecule has 3 nitrogen and oxygen atoms in total. The molecule has 2 aromatic carbocycles. The molecule has 0 fully saturated rings. The first-order valence-electron chi connectivity index (χ1n) is 7.45. The Morgan fingerprint density at radius 3 is 2.22 bits per heavy atom. The van der Waals surface area contributed by atoms with Crippen LogP contribution in [0.1, 0.15) is 23.6 Å². The number of halogens is 3. The Hall–Kier alpha value is 1.28. The van der Waals surface area contributed by atoms with Gasteiger partial charge in [-0.25, -0.2) is 0 Å². The molecule has 0 aromatic heterocycles. The molecule has 0 saturated heterocycles. The number of hydrogen-bond donors (Lipinski definition) is 0. The predicted octanol–water partition coefficient (Wildman–Crippen LogP) is -1.72. The molecule has 0 heterocycles. The normalized spacial score (nSPS) is 12.7. The van der Waals surface area contributed by atoms with Gasteiger partial charge in [-0.2, -0.15) is 20.5 Å². The molecular formula is C17H16BrF2Na2O3PS. The summed E-state index contributed by atoms with van der Waals surface area (Å²) in [6.07, 6.45) is 0.887. The molecule has 10 heteroatoms. The minimum absolute atomic E-state index is 0. The molecule has 27 heavy (non-hydrogen) atoms. The van der Waals surface area contributed by atoms with Gasteiger partial charge < -0.3 is 14.4 Å². The van der Waals surface area contributed by atoms with Crippen molar-refractivity contribution in [2.24, 2.45) is 0 Å². The molecule has 0 spiro atoms. The molecule has 0 N–H and O–H groups in total. The topological polar surface area (TPSA) is 63.2 Å². The summed E-state index contributed by atoms with van der Waals surface area (Å²) in [6.45, 7) is 2.08. The summed E-state index contributed by atoms with van der Waals surface area (Å²) in [5.74, 6) is 0.588. The van der Waals surface area contributed by atoms with E-state index in [0.29, 0.717) is 11.0 Å². The van der Waals surface area contributed by atoms with Crippen LogP contribution >= 0.6 is 35.3 Å². The standard InChI is InChI=1S/C17H18BrF2O3PS.2Na/c1-12(9-13-5-3-2-4-6-13)25-11-14-7-8-15(16(18)10-14)17(19,20)24(21,22)23;;/h2-8,10,12H,9,11H2,1H3,(H2,21,22,23);;/q;2*+1/p-2. The van der Waals surface area contributed by atoms with Crippen LogP contribution in [0.15, 0.2) is 53.0 Å². The van der Waals surface area contributed by atoms with Crippen molar-refractivity contribution in [2.75, 3.05) is 0 Å². The van der Waals surface area contributed by atoms with E-state index in [1.807, 2.05) is 18.2 Å². The van der Waals surface area contributed by atoms with Crippen LogP contribution in [0.5, 0.6) is 0 Å². The van der Waals surface area contributed by atoms with E-state index in [1.165, 1.54) is 17.7 Å². The molecule has 2 rings (SSSR count). The summed E-state index contributed by atoms with van der Waals surface area (Å²) in [5, 5.41) is 0.325. The fraction of sp³-hybridized carbons (Fsp3) is 0.294. The van der Waals surface area contributed by atoms with E-state index in [4.69, 9.17) is 0 Å². The minimum Gasteiger partial charge on any atom is -0.806 e. The second-order valence-electron chi connectivity index (χ2n) is 5.66. The fourth-order valence-electron chi connectivity index (χ4n) is 2.28. The molecule has 0 saturated carbocycles. The SMILES string of the molecule is CC(Cc1ccccc1)SCc1ccc(C(F)(F)P(=O)([O-])[O-])c(Br)c1.[Na+].[Na+]. The Bertz CT molecular complexity index is 778. The molecule has 0 aliphatic heterocycles. The van der Waals surface area contributed by atoms with Crippen molar-refractivity contribution in [1.29, 1.82) is 0 Å². The average Bonchev–Trinajstić information content (AvgIpc) is 2.52. The quantitative estimate of drug-likeness (QED) is 0.339. The third-order valence-corrected chi connectivity index (χ3v) is 6.42. The molecule has 1 atom stereocenters. The number of alkyl halides is 2. The van der Waals surface area contributed by atoms with Gasteiger partial charge >= 0.3 is 59.1 Å². The van der Waals surface area contributed by atoms with Gasteiger partial charge in [0.05, 0.1) is 0 Å². The van der Waals surface area contributed by atoms with Gasteiger partial charge in [-0.1, -0.05) is 65.3 Å². The maximum Gasteiger partial charge on any atom is 1.00 e. The van der Waals surface area contributed by atoms with Crippen LogP contribution in [0.4, 0.5) is 8.78 Å².